The van der Waals surface area contributed by atoms with Gasteiger partial charge in [-0.25, -0.2) is 0 Å². The third kappa shape index (κ3) is 7.67. The van der Waals surface area contributed by atoms with Gasteiger partial charge in [-0.1, -0.05) is 18.6 Å². The number of aliphatic hydroxyl groups is 1. The van der Waals surface area contributed by atoms with Gasteiger partial charge in [0.25, 0.3) is 0 Å². The summed E-state index contributed by atoms with van der Waals surface area (Å²) in [4.78, 5) is 52.9. The number of carbonyl (C=O) groups is 4. The zero-order valence-corrected chi connectivity index (χ0v) is 22.1. The Hall–Kier alpha value is -3.18. The van der Waals surface area contributed by atoms with Crippen LogP contribution in [0, 0.1) is 5.92 Å². The van der Waals surface area contributed by atoms with Crippen LogP contribution in [0.3, 0.4) is 0 Å². The van der Waals surface area contributed by atoms with E-state index in [1.165, 1.54) is 6.92 Å². The number of fused-ring (bicyclic) bond motifs is 1. The Morgan fingerprint density at radius 2 is 1.89 bits per heavy atom. The first-order valence-corrected chi connectivity index (χ1v) is 13.6. The summed E-state index contributed by atoms with van der Waals surface area (Å²) in [5, 5.41) is 17.7. The number of nitrogens with zero attached hydrogens (tertiary/aromatic N) is 1. The standard InChI is InChI=1S/C27H41N5O6/c1-18(34)29-12-6-3-10-22-27(37)32-23(26(36)31-22)17-21(25(35)30-13-5-2-4-11-28)24(32)19-8-7-9-20(16-19)38-15-14-33/h7-9,16,21-24,33H,2-6,10-15,17,28H2,1H3,(H,29,34)(H,30,35)(H,31,36)/t21-,22-,23-,24-/m0/s1. The maximum Gasteiger partial charge on any atom is 0.246 e. The van der Waals surface area contributed by atoms with E-state index in [0.717, 1.165) is 19.3 Å². The number of hydrogen-bond acceptors (Lipinski definition) is 7. The molecule has 4 amide bonds. The van der Waals surface area contributed by atoms with Gasteiger partial charge in [0.05, 0.1) is 18.6 Å². The van der Waals surface area contributed by atoms with E-state index in [0.29, 0.717) is 50.2 Å². The van der Waals surface area contributed by atoms with Crippen molar-refractivity contribution in [2.45, 2.75) is 70.0 Å². The quantitative estimate of drug-likeness (QED) is 0.204. The van der Waals surface area contributed by atoms with Crippen molar-refractivity contribution in [1.82, 2.24) is 20.9 Å². The average Bonchev–Trinajstić information content (AvgIpc) is 3.31. The van der Waals surface area contributed by atoms with Crippen LogP contribution in [0.25, 0.3) is 0 Å². The largest absolute Gasteiger partial charge is 0.491 e. The molecule has 2 aliphatic heterocycles. The minimum Gasteiger partial charge on any atom is -0.491 e. The van der Waals surface area contributed by atoms with E-state index >= 15 is 0 Å². The van der Waals surface area contributed by atoms with Gasteiger partial charge < -0.3 is 36.4 Å². The first-order chi connectivity index (χ1) is 18.4. The minimum absolute atomic E-state index is 0.108. The average molecular weight is 532 g/mol. The van der Waals surface area contributed by atoms with E-state index in [4.69, 9.17) is 15.6 Å². The van der Waals surface area contributed by atoms with Crippen LogP contribution < -0.4 is 26.4 Å². The molecule has 1 aromatic rings. The Labute approximate surface area is 223 Å². The minimum atomic E-state index is -0.738. The Morgan fingerprint density at radius 1 is 1.13 bits per heavy atom. The number of unbranched alkanes of at least 4 members (excludes halogenated alkanes) is 3. The first kappa shape index (κ1) is 29.4. The Morgan fingerprint density at radius 3 is 2.63 bits per heavy atom. The van der Waals surface area contributed by atoms with Gasteiger partial charge >= 0.3 is 0 Å². The van der Waals surface area contributed by atoms with Crippen LogP contribution in [0.5, 0.6) is 5.75 Å². The Bertz CT molecular complexity index is 973. The molecule has 0 unspecified atom stereocenters. The smallest absolute Gasteiger partial charge is 0.246 e. The summed E-state index contributed by atoms with van der Waals surface area (Å²) in [7, 11) is 0. The van der Waals surface area contributed by atoms with Gasteiger partial charge in [-0.3, -0.25) is 19.2 Å². The van der Waals surface area contributed by atoms with Crippen LogP contribution in [-0.4, -0.2) is 78.6 Å². The maximum absolute atomic E-state index is 13.7. The number of rotatable bonds is 15. The van der Waals surface area contributed by atoms with Gasteiger partial charge in [0.2, 0.25) is 23.6 Å². The summed E-state index contributed by atoms with van der Waals surface area (Å²) in [6, 6.07) is 5.09. The summed E-state index contributed by atoms with van der Waals surface area (Å²) >= 11 is 0. The molecule has 11 nitrogen and oxygen atoms in total. The number of nitrogens with two attached hydrogens (primary N) is 1. The van der Waals surface area contributed by atoms with Crippen molar-refractivity contribution in [3.05, 3.63) is 29.8 Å². The number of carbonyl (C=O) groups excluding carboxylic acids is 4. The van der Waals surface area contributed by atoms with Crippen LogP contribution in [0.4, 0.5) is 0 Å². The fourth-order valence-electron chi connectivity index (χ4n) is 5.22. The van der Waals surface area contributed by atoms with E-state index in [1.807, 2.05) is 6.07 Å². The molecule has 3 rings (SSSR count). The summed E-state index contributed by atoms with van der Waals surface area (Å²) in [5.41, 5.74) is 6.26. The molecule has 0 aliphatic carbocycles. The zero-order chi connectivity index (χ0) is 27.5. The van der Waals surface area contributed by atoms with Crippen LogP contribution in [-0.2, 0) is 19.2 Å². The van der Waals surface area contributed by atoms with Crippen molar-refractivity contribution < 1.29 is 29.0 Å². The number of aliphatic hydroxyl groups excluding tert-OH is 1. The van der Waals surface area contributed by atoms with Gasteiger partial charge in [0.1, 0.15) is 24.4 Å². The molecule has 0 spiro atoms. The molecule has 11 heteroatoms. The Balaban J connectivity index is 1.80. The highest BCUT2D eigenvalue weighted by atomic mass is 16.5. The summed E-state index contributed by atoms with van der Waals surface area (Å²) < 4.78 is 5.58. The van der Waals surface area contributed by atoms with Crippen LogP contribution in [0.2, 0.25) is 0 Å². The van der Waals surface area contributed by atoms with Gasteiger partial charge in [-0.15, -0.1) is 0 Å². The topological polar surface area (TPSA) is 163 Å². The van der Waals surface area contributed by atoms with Crippen molar-refractivity contribution in [2.24, 2.45) is 11.7 Å². The Kier molecular flexibility index (Phi) is 11.3. The highest BCUT2D eigenvalue weighted by Gasteiger charge is 2.54. The lowest BCUT2D eigenvalue weighted by Crippen LogP contribution is -2.61. The molecule has 4 atom stereocenters. The molecule has 0 saturated carbocycles. The molecular weight excluding hydrogens is 490 g/mol. The normalized spacial score (nSPS) is 22.6. The molecule has 2 aliphatic rings. The number of hydrogen-bond donors (Lipinski definition) is 5. The SMILES string of the molecule is CC(=O)NCCCC[C@@H]1NC(=O)[C@@H]2C[C@H](C(=O)NCCCCCN)[C@H](c3cccc(OCCO)c3)N2C1=O. The molecule has 6 N–H and O–H groups in total. The lowest BCUT2D eigenvalue weighted by Gasteiger charge is -2.38. The van der Waals surface area contributed by atoms with E-state index < -0.39 is 24.0 Å². The molecule has 2 heterocycles. The monoisotopic (exact) mass is 531 g/mol. The van der Waals surface area contributed by atoms with Crippen molar-refractivity contribution in [1.29, 1.82) is 0 Å². The number of nitrogens with one attached hydrogen (secondary N) is 3. The summed E-state index contributed by atoms with van der Waals surface area (Å²) in [5.74, 6) is -0.846. The number of amides is 4. The molecule has 2 fully saturated rings. The molecule has 210 valence electrons. The lowest BCUT2D eigenvalue weighted by molar-refractivity contribution is -0.149. The fourth-order valence-corrected chi connectivity index (χ4v) is 5.22. The molecular formula is C27H41N5O6. The predicted octanol–water partition coefficient (Wildman–Crippen LogP) is 0.366. The van der Waals surface area contributed by atoms with E-state index in [9.17, 15) is 19.2 Å². The highest BCUT2D eigenvalue weighted by molar-refractivity contribution is 5.99. The maximum atomic E-state index is 13.7. The predicted molar refractivity (Wildman–Crippen MR) is 141 cm³/mol. The fraction of sp³-hybridized carbons (Fsp3) is 0.630. The molecule has 0 radical (unpaired) electrons. The third-order valence-electron chi connectivity index (χ3n) is 7.04. The second-order valence-corrected chi connectivity index (χ2v) is 9.87. The van der Waals surface area contributed by atoms with Crippen LogP contribution >= 0.6 is 0 Å². The van der Waals surface area contributed by atoms with Gasteiger partial charge in [0.15, 0.2) is 0 Å². The van der Waals surface area contributed by atoms with Crippen molar-refractivity contribution in [3.8, 4) is 5.75 Å². The molecule has 2 saturated heterocycles. The summed E-state index contributed by atoms with van der Waals surface area (Å²) in [6.45, 7) is 3.05. The van der Waals surface area contributed by atoms with E-state index in [-0.39, 0.29) is 43.3 Å². The second kappa shape index (κ2) is 14.7. The highest BCUT2D eigenvalue weighted by Crippen LogP contribution is 2.44. The number of piperazine rings is 1. The van der Waals surface area contributed by atoms with Gasteiger partial charge in [-0.2, -0.15) is 0 Å². The third-order valence-corrected chi connectivity index (χ3v) is 7.04. The molecule has 1 aromatic carbocycles. The molecule has 0 aromatic heterocycles. The zero-order valence-electron chi connectivity index (χ0n) is 22.1. The van der Waals surface area contributed by atoms with Crippen molar-refractivity contribution in [2.75, 3.05) is 32.8 Å². The first-order valence-electron chi connectivity index (χ1n) is 13.6. The van der Waals surface area contributed by atoms with Crippen LogP contribution in [0.1, 0.15) is 63.5 Å². The van der Waals surface area contributed by atoms with Crippen molar-refractivity contribution >= 4 is 23.6 Å². The number of ether oxygens (including phenoxy) is 1. The molecule has 0 bridgehead atoms. The van der Waals surface area contributed by atoms with E-state index in [1.54, 1.807) is 23.1 Å². The second-order valence-electron chi connectivity index (χ2n) is 9.87. The van der Waals surface area contributed by atoms with Crippen LogP contribution in [0.15, 0.2) is 24.3 Å². The molecule has 38 heavy (non-hydrogen) atoms. The lowest BCUT2D eigenvalue weighted by atomic mass is 9.92. The number of benzene rings is 1. The van der Waals surface area contributed by atoms with Gasteiger partial charge in [-0.05, 0) is 62.8 Å². The summed E-state index contributed by atoms with van der Waals surface area (Å²) in [6.07, 6.45) is 4.61. The van der Waals surface area contributed by atoms with Crippen molar-refractivity contribution in [3.63, 3.8) is 0 Å². The van der Waals surface area contributed by atoms with Gasteiger partial charge in [0, 0.05) is 20.0 Å². The van der Waals surface area contributed by atoms with E-state index in [2.05, 4.69) is 16.0 Å².